The van der Waals surface area contributed by atoms with E-state index in [9.17, 15) is 4.79 Å². The van der Waals surface area contributed by atoms with E-state index >= 15 is 0 Å². The van der Waals surface area contributed by atoms with E-state index in [1.165, 1.54) is 0 Å². The molecule has 1 rings (SSSR count). The first-order chi connectivity index (χ1) is 10.7. The second kappa shape index (κ2) is 8.20. The van der Waals surface area contributed by atoms with Crippen molar-refractivity contribution < 1.29 is 18.7 Å². The van der Waals surface area contributed by atoms with Crippen LogP contribution in [-0.4, -0.2) is 20.9 Å². The minimum absolute atomic E-state index is 0.312. The van der Waals surface area contributed by atoms with Crippen molar-refractivity contribution >= 4 is 14.3 Å². The lowest BCUT2D eigenvalue weighted by Gasteiger charge is -2.30. The molecule has 1 aromatic carbocycles. The van der Waals surface area contributed by atoms with E-state index in [0.29, 0.717) is 19.0 Å². The number of benzene rings is 1. The summed E-state index contributed by atoms with van der Waals surface area (Å²) in [5.41, 5.74) is 0.178. The second-order valence-corrected chi connectivity index (χ2v) is 11.3. The summed E-state index contributed by atoms with van der Waals surface area (Å²) < 4.78 is 16.9. The summed E-state index contributed by atoms with van der Waals surface area (Å²) in [6.45, 7) is 12.4. The van der Waals surface area contributed by atoms with Crippen molar-refractivity contribution in [2.45, 2.75) is 47.0 Å². The first-order valence-corrected chi connectivity index (χ1v) is 11.3. The van der Waals surface area contributed by atoms with E-state index in [4.69, 9.17) is 13.9 Å². The molecule has 0 radical (unpaired) electrons. The fourth-order valence-electron chi connectivity index (χ4n) is 1.83. The summed E-state index contributed by atoms with van der Waals surface area (Å²) in [5, 5.41) is 0. The van der Waals surface area contributed by atoms with Gasteiger partial charge in [-0.05, 0) is 46.0 Å². The summed E-state index contributed by atoms with van der Waals surface area (Å²) in [6, 6.07) is 9.87. The molecule has 0 bridgehead atoms. The van der Waals surface area contributed by atoms with Crippen molar-refractivity contribution in [3.63, 3.8) is 0 Å². The van der Waals surface area contributed by atoms with E-state index in [0.717, 1.165) is 5.56 Å². The Bertz CT molecular complexity index is 530. The average molecular weight is 337 g/mol. The minimum Gasteiger partial charge on any atom is -0.544 e. The molecule has 0 aromatic heterocycles. The molecule has 0 heterocycles. The van der Waals surface area contributed by atoms with Crippen LogP contribution < -0.4 is 0 Å². The highest BCUT2D eigenvalue weighted by Gasteiger charge is 2.38. The van der Waals surface area contributed by atoms with Crippen LogP contribution in [0.15, 0.2) is 42.4 Å². The van der Waals surface area contributed by atoms with Gasteiger partial charge >= 0.3 is 5.97 Å². The molecular weight excluding hydrogens is 308 g/mol. The standard InChI is InChI=1S/C18H28O4Si/c1-7-21-17(19)18(2,3)16(22-23(4,5)6)14-20-13-15-11-9-8-10-12-15/h8-12,14H,7,13H2,1-6H3/b16-14-. The SMILES string of the molecule is CCOC(=O)C(C)(C)/C(=C/OCc1ccccc1)O[Si](C)(C)C. The van der Waals surface area contributed by atoms with Crippen LogP contribution in [0, 0.1) is 5.41 Å². The number of hydrogen-bond acceptors (Lipinski definition) is 4. The molecule has 0 atom stereocenters. The van der Waals surface area contributed by atoms with E-state index < -0.39 is 13.7 Å². The molecule has 0 saturated carbocycles. The molecule has 1 aromatic rings. The lowest BCUT2D eigenvalue weighted by atomic mass is 9.91. The predicted molar refractivity (Wildman–Crippen MR) is 94.2 cm³/mol. The third-order valence-corrected chi connectivity index (χ3v) is 3.93. The maximum absolute atomic E-state index is 12.2. The van der Waals surface area contributed by atoms with Gasteiger partial charge < -0.3 is 13.9 Å². The van der Waals surface area contributed by atoms with E-state index in [1.807, 2.05) is 30.3 Å². The average Bonchev–Trinajstić information content (AvgIpc) is 2.46. The van der Waals surface area contributed by atoms with Gasteiger partial charge in [0, 0.05) is 0 Å². The van der Waals surface area contributed by atoms with Crippen LogP contribution in [0.3, 0.4) is 0 Å². The van der Waals surface area contributed by atoms with Crippen LogP contribution in [0.25, 0.3) is 0 Å². The third kappa shape index (κ3) is 6.48. The normalized spacial score (nSPS) is 12.7. The fraction of sp³-hybridized carbons (Fsp3) is 0.500. The molecule has 0 fully saturated rings. The molecule has 128 valence electrons. The van der Waals surface area contributed by atoms with Gasteiger partial charge in [0.1, 0.15) is 24.0 Å². The molecule has 0 aliphatic carbocycles. The van der Waals surface area contributed by atoms with Gasteiger partial charge in [0.05, 0.1) is 6.61 Å². The Hall–Kier alpha value is -1.75. The molecule has 5 heteroatoms. The van der Waals surface area contributed by atoms with Crippen LogP contribution in [-0.2, 0) is 25.3 Å². The maximum Gasteiger partial charge on any atom is 0.319 e. The Balaban J connectivity index is 2.91. The fourth-order valence-corrected chi connectivity index (χ4v) is 2.79. The molecule has 0 unspecified atom stereocenters. The van der Waals surface area contributed by atoms with Gasteiger partial charge in [-0.15, -0.1) is 0 Å². The van der Waals surface area contributed by atoms with Gasteiger partial charge in [-0.25, -0.2) is 0 Å². The number of rotatable bonds is 8. The van der Waals surface area contributed by atoms with E-state index in [2.05, 4.69) is 19.6 Å². The highest BCUT2D eigenvalue weighted by molar-refractivity contribution is 6.70. The molecule has 0 aliphatic heterocycles. The Kier molecular flexibility index (Phi) is 6.88. The number of hydrogen-bond donors (Lipinski definition) is 0. The lowest BCUT2D eigenvalue weighted by Crippen LogP contribution is -2.35. The quantitative estimate of drug-likeness (QED) is 0.399. The predicted octanol–water partition coefficient (Wildman–Crippen LogP) is 4.49. The number of ether oxygens (including phenoxy) is 2. The van der Waals surface area contributed by atoms with Crippen molar-refractivity contribution in [3.8, 4) is 0 Å². The smallest absolute Gasteiger partial charge is 0.319 e. The van der Waals surface area contributed by atoms with Crippen LogP contribution in [0.1, 0.15) is 26.3 Å². The van der Waals surface area contributed by atoms with Crippen molar-refractivity contribution in [2.24, 2.45) is 5.41 Å². The molecule has 0 spiro atoms. The first kappa shape index (κ1) is 19.3. The molecule has 0 saturated heterocycles. The Morgan fingerprint density at radius 1 is 1.17 bits per heavy atom. The molecular formula is C18H28O4Si. The molecule has 0 amide bonds. The maximum atomic E-state index is 12.2. The highest BCUT2D eigenvalue weighted by Crippen LogP contribution is 2.31. The third-order valence-electron chi connectivity index (χ3n) is 3.10. The number of esters is 1. The molecule has 0 N–H and O–H groups in total. The summed E-state index contributed by atoms with van der Waals surface area (Å²) >= 11 is 0. The van der Waals surface area contributed by atoms with Crippen LogP contribution in [0.5, 0.6) is 0 Å². The van der Waals surface area contributed by atoms with Crippen LogP contribution in [0.4, 0.5) is 0 Å². The van der Waals surface area contributed by atoms with Crippen LogP contribution in [0.2, 0.25) is 19.6 Å². The zero-order valence-electron chi connectivity index (χ0n) is 15.0. The molecule has 4 nitrogen and oxygen atoms in total. The largest absolute Gasteiger partial charge is 0.544 e. The van der Waals surface area contributed by atoms with Crippen molar-refractivity contribution in [2.75, 3.05) is 6.61 Å². The van der Waals surface area contributed by atoms with Gasteiger partial charge in [0.2, 0.25) is 8.32 Å². The van der Waals surface area contributed by atoms with Crippen molar-refractivity contribution in [1.82, 2.24) is 0 Å². The van der Waals surface area contributed by atoms with Gasteiger partial charge in [-0.3, -0.25) is 4.79 Å². The lowest BCUT2D eigenvalue weighted by molar-refractivity contribution is -0.152. The monoisotopic (exact) mass is 336 g/mol. The first-order valence-electron chi connectivity index (χ1n) is 7.89. The second-order valence-electron chi connectivity index (χ2n) is 6.84. The molecule has 23 heavy (non-hydrogen) atoms. The summed E-state index contributed by atoms with van der Waals surface area (Å²) in [4.78, 5) is 12.2. The van der Waals surface area contributed by atoms with E-state index in [1.54, 1.807) is 27.0 Å². The zero-order chi connectivity index (χ0) is 17.5. The zero-order valence-corrected chi connectivity index (χ0v) is 16.0. The molecule has 0 aliphatic rings. The number of carbonyl (C=O) groups is 1. The Morgan fingerprint density at radius 3 is 2.30 bits per heavy atom. The summed E-state index contributed by atoms with van der Waals surface area (Å²) in [6.07, 6.45) is 1.56. The van der Waals surface area contributed by atoms with Crippen LogP contribution >= 0.6 is 0 Å². The minimum atomic E-state index is -1.88. The van der Waals surface area contributed by atoms with E-state index in [-0.39, 0.29) is 5.97 Å². The van der Waals surface area contributed by atoms with Gasteiger partial charge in [0.25, 0.3) is 0 Å². The highest BCUT2D eigenvalue weighted by atomic mass is 28.4. The summed E-state index contributed by atoms with van der Waals surface area (Å²) in [7, 11) is -1.88. The Morgan fingerprint density at radius 2 is 1.78 bits per heavy atom. The Labute approximate surface area is 140 Å². The number of carbonyl (C=O) groups excluding carboxylic acids is 1. The summed E-state index contributed by atoms with van der Waals surface area (Å²) in [5.74, 6) is 0.207. The van der Waals surface area contributed by atoms with Crippen molar-refractivity contribution in [3.05, 3.63) is 47.9 Å². The van der Waals surface area contributed by atoms with Gasteiger partial charge in [-0.1, -0.05) is 30.3 Å². The topological polar surface area (TPSA) is 44.8 Å². The van der Waals surface area contributed by atoms with Crippen molar-refractivity contribution in [1.29, 1.82) is 0 Å². The van der Waals surface area contributed by atoms with Gasteiger partial charge in [-0.2, -0.15) is 0 Å². The van der Waals surface area contributed by atoms with Gasteiger partial charge in [0.15, 0.2) is 0 Å².